The average Bonchev–Trinajstić information content (AvgIpc) is 2.05. The third kappa shape index (κ3) is 2.15. The number of likely N-dealkylation sites (tertiary alicyclic amines) is 1. The fourth-order valence-corrected chi connectivity index (χ4v) is 1.54. The van der Waals surface area contributed by atoms with E-state index in [9.17, 15) is 0 Å². The molecule has 1 rings (SSSR count). The van der Waals surface area contributed by atoms with E-state index in [-0.39, 0.29) is 0 Å². The molecule has 0 N–H and O–H groups in total. The van der Waals surface area contributed by atoms with Gasteiger partial charge in [0.1, 0.15) is 0 Å². The van der Waals surface area contributed by atoms with Crippen LogP contribution in [0.3, 0.4) is 0 Å². The molecule has 0 aromatic heterocycles. The standard InChI is InChI=1S/C7H15NOS/c1-2-8-5-3-7(9-10)4-6-8/h7,10H,2-6H2,1H3. The van der Waals surface area contributed by atoms with Crippen LogP contribution in [0.2, 0.25) is 0 Å². The first kappa shape index (κ1) is 8.37. The van der Waals surface area contributed by atoms with Crippen molar-refractivity contribution in [1.29, 1.82) is 0 Å². The topological polar surface area (TPSA) is 12.5 Å². The summed E-state index contributed by atoms with van der Waals surface area (Å²) in [5.41, 5.74) is 0. The fraction of sp³-hybridized carbons (Fsp3) is 1.00. The summed E-state index contributed by atoms with van der Waals surface area (Å²) in [6.07, 6.45) is 2.67. The summed E-state index contributed by atoms with van der Waals surface area (Å²) >= 11 is 3.80. The summed E-state index contributed by atoms with van der Waals surface area (Å²) in [6.45, 7) is 5.70. The van der Waals surface area contributed by atoms with Crippen molar-refractivity contribution in [1.82, 2.24) is 4.90 Å². The lowest BCUT2D eigenvalue weighted by Crippen LogP contribution is -2.35. The van der Waals surface area contributed by atoms with Gasteiger partial charge in [-0.2, -0.15) is 0 Å². The Morgan fingerprint density at radius 1 is 1.50 bits per heavy atom. The highest BCUT2D eigenvalue weighted by Gasteiger charge is 2.16. The van der Waals surface area contributed by atoms with Crippen LogP contribution in [0.15, 0.2) is 0 Å². The highest BCUT2D eigenvalue weighted by atomic mass is 32.1. The zero-order chi connectivity index (χ0) is 7.40. The summed E-state index contributed by atoms with van der Waals surface area (Å²) in [7, 11) is 0. The van der Waals surface area contributed by atoms with E-state index in [0.29, 0.717) is 6.10 Å². The Bertz CT molecular complexity index is 79.6. The predicted octanol–water partition coefficient (Wildman–Crippen LogP) is 1.33. The van der Waals surface area contributed by atoms with Crippen LogP contribution in [0.5, 0.6) is 0 Å². The number of nitrogens with zero attached hydrogens (tertiary/aromatic N) is 1. The Morgan fingerprint density at radius 2 is 2.10 bits per heavy atom. The Morgan fingerprint density at radius 3 is 2.50 bits per heavy atom. The van der Waals surface area contributed by atoms with E-state index in [1.54, 1.807) is 0 Å². The summed E-state index contributed by atoms with van der Waals surface area (Å²) in [5.74, 6) is 0. The van der Waals surface area contributed by atoms with Gasteiger partial charge in [0.05, 0.1) is 6.10 Å². The lowest BCUT2D eigenvalue weighted by molar-refractivity contribution is 0.124. The molecule has 0 aromatic rings. The van der Waals surface area contributed by atoms with Crippen molar-refractivity contribution in [3.63, 3.8) is 0 Å². The van der Waals surface area contributed by atoms with Gasteiger partial charge < -0.3 is 9.08 Å². The molecule has 10 heavy (non-hydrogen) atoms. The predicted molar refractivity (Wildman–Crippen MR) is 45.2 cm³/mol. The van der Waals surface area contributed by atoms with Gasteiger partial charge in [-0.05, 0) is 32.3 Å². The Hall–Kier alpha value is 0.270. The quantitative estimate of drug-likeness (QED) is 0.484. The second kappa shape index (κ2) is 4.21. The van der Waals surface area contributed by atoms with Gasteiger partial charge in [-0.15, -0.1) is 0 Å². The van der Waals surface area contributed by atoms with Gasteiger partial charge >= 0.3 is 0 Å². The molecule has 0 spiro atoms. The zero-order valence-electron chi connectivity index (χ0n) is 6.42. The van der Waals surface area contributed by atoms with Crippen molar-refractivity contribution in [2.24, 2.45) is 0 Å². The van der Waals surface area contributed by atoms with Crippen molar-refractivity contribution in [3.05, 3.63) is 0 Å². The highest BCUT2D eigenvalue weighted by molar-refractivity contribution is 7.75. The van der Waals surface area contributed by atoms with Crippen LogP contribution in [0.25, 0.3) is 0 Å². The van der Waals surface area contributed by atoms with Crippen LogP contribution >= 0.6 is 12.9 Å². The Balaban J connectivity index is 2.17. The van der Waals surface area contributed by atoms with Gasteiger partial charge in [0, 0.05) is 13.1 Å². The Kier molecular flexibility index (Phi) is 3.52. The molecule has 1 saturated heterocycles. The minimum absolute atomic E-state index is 0.395. The van der Waals surface area contributed by atoms with Gasteiger partial charge in [0.25, 0.3) is 0 Å². The molecule has 0 aliphatic carbocycles. The number of hydrogen-bond donors (Lipinski definition) is 1. The molecule has 0 saturated carbocycles. The Labute approximate surface area is 68.2 Å². The normalized spacial score (nSPS) is 23.4. The molecule has 2 nitrogen and oxygen atoms in total. The number of piperidine rings is 1. The van der Waals surface area contributed by atoms with Gasteiger partial charge in [-0.1, -0.05) is 6.92 Å². The summed E-state index contributed by atoms with van der Waals surface area (Å²) in [5, 5.41) is 0. The molecule has 0 amide bonds. The molecule has 1 aliphatic heterocycles. The molecule has 1 fully saturated rings. The van der Waals surface area contributed by atoms with E-state index in [1.165, 1.54) is 19.6 Å². The van der Waals surface area contributed by atoms with Crippen LogP contribution in [0, 0.1) is 0 Å². The van der Waals surface area contributed by atoms with Crippen molar-refractivity contribution in [2.75, 3.05) is 19.6 Å². The van der Waals surface area contributed by atoms with Crippen LogP contribution in [0.1, 0.15) is 19.8 Å². The monoisotopic (exact) mass is 161 g/mol. The zero-order valence-corrected chi connectivity index (χ0v) is 7.31. The number of rotatable bonds is 2. The molecule has 1 heterocycles. The van der Waals surface area contributed by atoms with Crippen LogP contribution in [0.4, 0.5) is 0 Å². The van der Waals surface area contributed by atoms with E-state index >= 15 is 0 Å². The largest absolute Gasteiger partial charge is 0.315 e. The van der Waals surface area contributed by atoms with E-state index in [2.05, 4.69) is 24.7 Å². The van der Waals surface area contributed by atoms with E-state index in [0.717, 1.165) is 12.8 Å². The average molecular weight is 161 g/mol. The summed E-state index contributed by atoms with van der Waals surface area (Å²) in [6, 6.07) is 0. The first-order valence-corrected chi connectivity index (χ1v) is 4.26. The second-order valence-corrected chi connectivity index (χ2v) is 2.95. The fourth-order valence-electron chi connectivity index (χ4n) is 1.33. The first-order chi connectivity index (χ1) is 4.86. The van der Waals surface area contributed by atoms with Crippen LogP contribution in [-0.4, -0.2) is 30.6 Å². The molecular weight excluding hydrogens is 146 g/mol. The van der Waals surface area contributed by atoms with E-state index < -0.39 is 0 Å². The van der Waals surface area contributed by atoms with Crippen molar-refractivity contribution >= 4 is 12.9 Å². The third-order valence-electron chi connectivity index (χ3n) is 2.13. The minimum Gasteiger partial charge on any atom is -0.315 e. The maximum absolute atomic E-state index is 4.95. The third-order valence-corrected chi connectivity index (χ3v) is 2.43. The van der Waals surface area contributed by atoms with Crippen molar-refractivity contribution < 1.29 is 4.18 Å². The van der Waals surface area contributed by atoms with E-state index in [1.807, 2.05) is 0 Å². The molecule has 60 valence electrons. The molecule has 0 bridgehead atoms. The molecular formula is C7H15NOS. The lowest BCUT2D eigenvalue weighted by atomic mass is 10.1. The van der Waals surface area contributed by atoms with Gasteiger partial charge in [0.2, 0.25) is 0 Å². The number of hydrogen-bond acceptors (Lipinski definition) is 3. The van der Waals surface area contributed by atoms with Crippen molar-refractivity contribution in [3.8, 4) is 0 Å². The van der Waals surface area contributed by atoms with Crippen molar-refractivity contribution in [2.45, 2.75) is 25.9 Å². The molecule has 0 atom stereocenters. The summed E-state index contributed by atoms with van der Waals surface area (Å²) in [4.78, 5) is 2.43. The van der Waals surface area contributed by atoms with Gasteiger partial charge in [0.15, 0.2) is 0 Å². The molecule has 1 aliphatic rings. The SMILES string of the molecule is CCN1CCC(OS)CC1. The highest BCUT2D eigenvalue weighted by Crippen LogP contribution is 2.13. The summed E-state index contributed by atoms with van der Waals surface area (Å²) < 4.78 is 4.95. The van der Waals surface area contributed by atoms with Crippen LogP contribution in [-0.2, 0) is 4.18 Å². The smallest absolute Gasteiger partial charge is 0.0743 e. The van der Waals surface area contributed by atoms with Gasteiger partial charge in [-0.25, -0.2) is 0 Å². The lowest BCUT2D eigenvalue weighted by Gasteiger charge is -2.29. The molecule has 0 aromatic carbocycles. The maximum atomic E-state index is 4.95. The minimum atomic E-state index is 0.395. The molecule has 3 heteroatoms. The second-order valence-electron chi connectivity index (χ2n) is 2.74. The van der Waals surface area contributed by atoms with Gasteiger partial charge in [-0.3, -0.25) is 0 Å². The first-order valence-electron chi connectivity index (χ1n) is 3.89. The molecule has 0 unspecified atom stereocenters. The number of thiol groups is 1. The van der Waals surface area contributed by atoms with Crippen LogP contribution < -0.4 is 0 Å². The van der Waals surface area contributed by atoms with E-state index in [4.69, 9.17) is 4.18 Å². The maximum Gasteiger partial charge on any atom is 0.0743 e. The molecule has 0 radical (unpaired) electrons.